The Bertz CT molecular complexity index is 1020. The third-order valence-corrected chi connectivity index (χ3v) is 4.75. The third kappa shape index (κ3) is 4.56. The van der Waals surface area contributed by atoms with Gasteiger partial charge in [0.15, 0.2) is 0 Å². The SMILES string of the molecule is C=C(NC(=O)OC(C)(C)C)N1CCCC1C(=O)N=C(N)c1cccc2c1ccn2O. The van der Waals surface area contributed by atoms with Crippen LogP contribution in [0, 0.1) is 0 Å². The summed E-state index contributed by atoms with van der Waals surface area (Å²) in [5.41, 5.74) is 6.60. The van der Waals surface area contributed by atoms with E-state index in [2.05, 4.69) is 16.9 Å². The molecule has 1 aromatic carbocycles. The number of nitrogens with one attached hydrogen (secondary N) is 1. The summed E-state index contributed by atoms with van der Waals surface area (Å²) in [5.74, 6) is -0.0692. The Kier molecular flexibility index (Phi) is 5.73. The van der Waals surface area contributed by atoms with Gasteiger partial charge < -0.3 is 20.6 Å². The number of amidine groups is 1. The molecule has 1 fully saturated rings. The second-order valence-corrected chi connectivity index (χ2v) is 8.16. The van der Waals surface area contributed by atoms with E-state index in [-0.39, 0.29) is 11.7 Å². The van der Waals surface area contributed by atoms with Crippen LogP contribution in [0.3, 0.4) is 0 Å². The molecule has 2 amide bonds. The standard InChI is InChI=1S/C21H27N5O4/c1-13(23-20(28)30-21(2,3)4)25-11-6-9-17(25)19(27)24-18(22)15-7-5-8-16-14(15)10-12-26(16)29/h5,7-8,10,12,17,29H,1,6,9,11H2,2-4H3,(H,23,28)(H2,22,24,27). The Labute approximate surface area is 174 Å². The number of carbonyl (C=O) groups excluding carboxylic acids is 2. The second kappa shape index (κ2) is 8.10. The van der Waals surface area contributed by atoms with Crippen LogP contribution in [0.15, 0.2) is 47.9 Å². The smallest absolute Gasteiger partial charge is 0.413 e. The van der Waals surface area contributed by atoms with E-state index >= 15 is 0 Å². The quantitative estimate of drug-likeness (QED) is 0.402. The van der Waals surface area contributed by atoms with E-state index in [9.17, 15) is 14.8 Å². The number of carbonyl (C=O) groups is 2. The molecule has 1 aliphatic heterocycles. The van der Waals surface area contributed by atoms with Crippen molar-refractivity contribution in [3.05, 3.63) is 48.4 Å². The highest BCUT2D eigenvalue weighted by molar-refractivity contribution is 6.12. The van der Waals surface area contributed by atoms with Gasteiger partial charge in [0.25, 0.3) is 5.91 Å². The topological polar surface area (TPSA) is 122 Å². The maximum absolute atomic E-state index is 12.9. The number of hydrogen-bond donors (Lipinski definition) is 3. The van der Waals surface area contributed by atoms with Gasteiger partial charge in [-0.15, -0.1) is 0 Å². The predicted molar refractivity (Wildman–Crippen MR) is 113 cm³/mol. The minimum absolute atomic E-state index is 0.0642. The van der Waals surface area contributed by atoms with Crippen molar-refractivity contribution in [3.63, 3.8) is 0 Å². The first-order chi connectivity index (χ1) is 14.1. The number of ether oxygens (including phenoxy) is 1. The van der Waals surface area contributed by atoms with Gasteiger partial charge in [-0.2, -0.15) is 9.72 Å². The third-order valence-electron chi connectivity index (χ3n) is 4.75. The summed E-state index contributed by atoms with van der Waals surface area (Å²) < 4.78 is 6.22. The van der Waals surface area contributed by atoms with Crippen molar-refractivity contribution in [2.45, 2.75) is 45.3 Å². The molecule has 1 saturated heterocycles. The summed E-state index contributed by atoms with van der Waals surface area (Å²) >= 11 is 0. The molecule has 0 bridgehead atoms. The number of hydrogen-bond acceptors (Lipinski definition) is 5. The molecule has 3 rings (SSSR count). The number of nitrogens with two attached hydrogens (primary N) is 1. The predicted octanol–water partition coefficient (Wildman–Crippen LogP) is 2.57. The number of benzene rings is 1. The highest BCUT2D eigenvalue weighted by Crippen LogP contribution is 2.23. The average molecular weight is 413 g/mol. The molecule has 0 saturated carbocycles. The number of alkyl carbamates (subject to hydrolysis) is 1. The van der Waals surface area contributed by atoms with Crippen LogP contribution >= 0.6 is 0 Å². The Balaban J connectivity index is 1.75. The fourth-order valence-electron chi connectivity index (χ4n) is 3.47. The zero-order chi connectivity index (χ0) is 22.1. The summed E-state index contributed by atoms with van der Waals surface area (Å²) in [6.07, 6.45) is 2.19. The summed E-state index contributed by atoms with van der Waals surface area (Å²) in [6, 6.07) is 6.33. The second-order valence-electron chi connectivity index (χ2n) is 8.16. The van der Waals surface area contributed by atoms with E-state index in [1.165, 1.54) is 6.20 Å². The lowest BCUT2D eigenvalue weighted by Crippen LogP contribution is -2.42. The van der Waals surface area contributed by atoms with Crippen molar-refractivity contribution in [2.24, 2.45) is 10.7 Å². The summed E-state index contributed by atoms with van der Waals surface area (Å²) in [5, 5.41) is 13.1. The first kappa shape index (κ1) is 21.2. The highest BCUT2D eigenvalue weighted by atomic mass is 16.6. The molecule has 0 radical (unpaired) electrons. The number of rotatable bonds is 4. The van der Waals surface area contributed by atoms with Gasteiger partial charge in [-0.1, -0.05) is 18.7 Å². The van der Waals surface area contributed by atoms with Gasteiger partial charge in [0, 0.05) is 23.7 Å². The number of aliphatic imine (C=N–C) groups is 1. The van der Waals surface area contributed by atoms with E-state index in [4.69, 9.17) is 10.5 Å². The molecule has 1 atom stereocenters. The Morgan fingerprint density at radius 2 is 2.07 bits per heavy atom. The number of nitrogens with zero attached hydrogens (tertiary/aromatic N) is 3. The van der Waals surface area contributed by atoms with Crippen molar-refractivity contribution in [2.75, 3.05) is 6.54 Å². The van der Waals surface area contributed by atoms with Gasteiger partial charge in [-0.25, -0.2) is 4.79 Å². The van der Waals surface area contributed by atoms with E-state index in [0.717, 1.165) is 11.2 Å². The van der Waals surface area contributed by atoms with Gasteiger partial charge in [-0.3, -0.25) is 10.1 Å². The van der Waals surface area contributed by atoms with Gasteiger partial charge in [0.05, 0.1) is 5.52 Å². The lowest BCUT2D eigenvalue weighted by molar-refractivity contribution is -0.121. The Morgan fingerprint density at radius 3 is 2.77 bits per heavy atom. The normalized spacial score (nSPS) is 17.2. The molecular weight excluding hydrogens is 386 g/mol. The van der Waals surface area contributed by atoms with Crippen LogP contribution in [0.4, 0.5) is 4.79 Å². The molecule has 160 valence electrons. The zero-order valence-corrected chi connectivity index (χ0v) is 17.4. The number of likely N-dealkylation sites (tertiary alicyclic amines) is 1. The maximum atomic E-state index is 12.9. The number of fused-ring (bicyclic) bond motifs is 1. The van der Waals surface area contributed by atoms with E-state index in [1.54, 1.807) is 49.9 Å². The molecule has 0 spiro atoms. The van der Waals surface area contributed by atoms with E-state index in [1.807, 2.05) is 0 Å². The first-order valence-corrected chi connectivity index (χ1v) is 9.70. The van der Waals surface area contributed by atoms with Crippen molar-refractivity contribution < 1.29 is 19.5 Å². The molecule has 9 nitrogen and oxygen atoms in total. The molecule has 2 aromatic rings. The van der Waals surface area contributed by atoms with Gasteiger partial charge >= 0.3 is 6.09 Å². The largest absolute Gasteiger partial charge is 0.444 e. The van der Waals surface area contributed by atoms with Crippen LogP contribution in [-0.2, 0) is 9.53 Å². The Morgan fingerprint density at radius 1 is 1.33 bits per heavy atom. The van der Waals surface area contributed by atoms with Crippen LogP contribution < -0.4 is 11.1 Å². The van der Waals surface area contributed by atoms with Gasteiger partial charge in [0.2, 0.25) is 0 Å². The fraction of sp³-hybridized carbons (Fsp3) is 0.381. The monoisotopic (exact) mass is 413 g/mol. The minimum atomic E-state index is -0.641. The first-order valence-electron chi connectivity index (χ1n) is 9.70. The number of amides is 2. The summed E-state index contributed by atoms with van der Waals surface area (Å²) in [4.78, 5) is 30.7. The van der Waals surface area contributed by atoms with E-state index < -0.39 is 23.6 Å². The van der Waals surface area contributed by atoms with Crippen molar-refractivity contribution in [1.82, 2.24) is 14.9 Å². The summed E-state index contributed by atoms with van der Waals surface area (Å²) in [7, 11) is 0. The van der Waals surface area contributed by atoms with Crippen molar-refractivity contribution in [3.8, 4) is 0 Å². The highest BCUT2D eigenvalue weighted by Gasteiger charge is 2.32. The molecule has 4 N–H and O–H groups in total. The van der Waals surface area contributed by atoms with Gasteiger partial charge in [-0.05, 0) is 45.7 Å². The van der Waals surface area contributed by atoms with Gasteiger partial charge in [0.1, 0.15) is 23.3 Å². The molecule has 1 unspecified atom stereocenters. The molecule has 2 heterocycles. The zero-order valence-electron chi connectivity index (χ0n) is 17.4. The molecule has 0 aliphatic carbocycles. The molecule has 30 heavy (non-hydrogen) atoms. The summed E-state index contributed by atoms with van der Waals surface area (Å²) in [6.45, 7) is 9.72. The lowest BCUT2D eigenvalue weighted by Gasteiger charge is -2.27. The minimum Gasteiger partial charge on any atom is -0.444 e. The number of aromatic nitrogens is 1. The van der Waals surface area contributed by atoms with Crippen LogP contribution in [0.2, 0.25) is 0 Å². The molecule has 1 aliphatic rings. The van der Waals surface area contributed by atoms with Crippen molar-refractivity contribution in [1.29, 1.82) is 0 Å². The molecule has 9 heteroatoms. The van der Waals surface area contributed by atoms with Crippen LogP contribution in [0.1, 0.15) is 39.2 Å². The average Bonchev–Trinajstić information content (AvgIpc) is 3.27. The van der Waals surface area contributed by atoms with Crippen LogP contribution in [0.5, 0.6) is 0 Å². The van der Waals surface area contributed by atoms with Crippen LogP contribution in [-0.4, -0.2) is 50.9 Å². The molecule has 1 aromatic heterocycles. The lowest BCUT2D eigenvalue weighted by atomic mass is 10.1. The van der Waals surface area contributed by atoms with E-state index in [0.29, 0.717) is 29.4 Å². The fourth-order valence-corrected chi connectivity index (χ4v) is 3.47. The molecular formula is C21H27N5O4. The maximum Gasteiger partial charge on any atom is 0.413 e. The van der Waals surface area contributed by atoms with Crippen molar-refractivity contribution >= 4 is 28.7 Å². The Hall–Kier alpha value is -3.49. The van der Waals surface area contributed by atoms with Crippen LogP contribution in [0.25, 0.3) is 10.9 Å².